The number of hydrogen-bond donors (Lipinski definition) is 3. The molecule has 2 unspecified atom stereocenters. The zero-order valence-corrected chi connectivity index (χ0v) is 11.1. The normalized spacial score (nSPS) is 23.6. The van der Waals surface area contributed by atoms with Gasteiger partial charge in [-0.25, -0.2) is 0 Å². The minimum atomic E-state index is -0.831. The summed E-state index contributed by atoms with van der Waals surface area (Å²) in [4.78, 5) is 23.0. The van der Waals surface area contributed by atoms with Crippen molar-refractivity contribution >= 4 is 11.9 Å². The fourth-order valence-corrected chi connectivity index (χ4v) is 2.47. The largest absolute Gasteiger partial charge is 0.481 e. The molecule has 0 aromatic rings. The minimum Gasteiger partial charge on any atom is -0.481 e. The number of carbonyl (C=O) groups is 2. The third-order valence-electron chi connectivity index (χ3n) is 3.50. The molecule has 1 amide bonds. The van der Waals surface area contributed by atoms with Gasteiger partial charge < -0.3 is 15.7 Å². The number of amides is 1. The lowest BCUT2D eigenvalue weighted by Crippen LogP contribution is -2.40. The van der Waals surface area contributed by atoms with Crippen molar-refractivity contribution in [2.24, 2.45) is 11.8 Å². The summed E-state index contributed by atoms with van der Waals surface area (Å²) < 4.78 is 0. The Morgan fingerprint density at radius 3 is 2.44 bits per heavy atom. The smallest absolute Gasteiger partial charge is 0.307 e. The molecule has 1 rings (SSSR count). The van der Waals surface area contributed by atoms with Crippen LogP contribution in [0.4, 0.5) is 0 Å². The van der Waals surface area contributed by atoms with Crippen LogP contribution in [-0.4, -0.2) is 36.6 Å². The Balaban J connectivity index is 2.32. The molecule has 0 spiro atoms. The number of rotatable bonds is 7. The Labute approximate surface area is 108 Å². The van der Waals surface area contributed by atoms with E-state index in [-0.39, 0.29) is 11.8 Å². The summed E-state index contributed by atoms with van der Waals surface area (Å²) in [5, 5.41) is 15.1. The third kappa shape index (κ3) is 4.64. The molecule has 104 valence electrons. The number of carboxylic acids is 1. The Hall–Kier alpha value is -1.10. The van der Waals surface area contributed by atoms with E-state index in [9.17, 15) is 9.59 Å². The maximum Gasteiger partial charge on any atom is 0.307 e. The molecule has 1 aliphatic rings. The average molecular weight is 256 g/mol. The van der Waals surface area contributed by atoms with Crippen LogP contribution in [0.15, 0.2) is 0 Å². The van der Waals surface area contributed by atoms with E-state index in [2.05, 4.69) is 10.6 Å². The highest BCUT2D eigenvalue weighted by Crippen LogP contribution is 2.30. The predicted molar refractivity (Wildman–Crippen MR) is 69.3 cm³/mol. The summed E-state index contributed by atoms with van der Waals surface area (Å²) in [5.41, 5.74) is 0. The molecular formula is C13H24N2O3. The molecule has 0 aromatic heterocycles. The molecule has 0 bridgehead atoms. The summed E-state index contributed by atoms with van der Waals surface area (Å²) in [6.07, 6.45) is 4.09. The Kier molecular flexibility index (Phi) is 6.72. The molecule has 1 saturated carbocycles. The second-order valence-electron chi connectivity index (χ2n) is 4.83. The SMILES string of the molecule is CCNCCCNC(=O)C1CCCCC1C(=O)O. The fourth-order valence-electron chi connectivity index (χ4n) is 2.47. The highest BCUT2D eigenvalue weighted by atomic mass is 16.4. The first-order valence-electron chi connectivity index (χ1n) is 6.88. The molecule has 0 heterocycles. The number of hydrogen-bond acceptors (Lipinski definition) is 3. The quantitative estimate of drug-likeness (QED) is 0.594. The molecule has 18 heavy (non-hydrogen) atoms. The van der Waals surface area contributed by atoms with Crippen LogP contribution in [0.5, 0.6) is 0 Å². The van der Waals surface area contributed by atoms with E-state index < -0.39 is 11.9 Å². The van der Waals surface area contributed by atoms with Crippen LogP contribution in [-0.2, 0) is 9.59 Å². The molecule has 0 saturated heterocycles. The van der Waals surface area contributed by atoms with Gasteiger partial charge in [-0.05, 0) is 32.4 Å². The van der Waals surface area contributed by atoms with Crippen LogP contribution >= 0.6 is 0 Å². The van der Waals surface area contributed by atoms with Gasteiger partial charge in [0.05, 0.1) is 11.8 Å². The lowest BCUT2D eigenvalue weighted by atomic mass is 9.79. The second-order valence-corrected chi connectivity index (χ2v) is 4.83. The molecule has 5 nitrogen and oxygen atoms in total. The van der Waals surface area contributed by atoms with Crippen LogP contribution in [0.2, 0.25) is 0 Å². The maximum atomic E-state index is 12.0. The highest BCUT2D eigenvalue weighted by Gasteiger charge is 2.35. The van der Waals surface area contributed by atoms with Crippen molar-refractivity contribution < 1.29 is 14.7 Å². The van der Waals surface area contributed by atoms with E-state index in [0.29, 0.717) is 19.4 Å². The Bertz CT molecular complexity index is 281. The van der Waals surface area contributed by atoms with Gasteiger partial charge in [-0.15, -0.1) is 0 Å². The van der Waals surface area contributed by atoms with Crippen molar-refractivity contribution in [3.63, 3.8) is 0 Å². The van der Waals surface area contributed by atoms with E-state index in [1.807, 2.05) is 6.92 Å². The van der Waals surface area contributed by atoms with Gasteiger partial charge >= 0.3 is 5.97 Å². The lowest BCUT2D eigenvalue weighted by Gasteiger charge is -2.27. The van der Waals surface area contributed by atoms with E-state index in [4.69, 9.17) is 5.11 Å². The van der Waals surface area contributed by atoms with Crippen LogP contribution in [0.1, 0.15) is 39.0 Å². The summed E-state index contributed by atoms with van der Waals surface area (Å²) in [7, 11) is 0. The van der Waals surface area contributed by atoms with Gasteiger partial charge in [-0.3, -0.25) is 9.59 Å². The first kappa shape index (κ1) is 15.0. The predicted octanol–water partition coefficient (Wildman–Crippen LogP) is 0.993. The monoisotopic (exact) mass is 256 g/mol. The van der Waals surface area contributed by atoms with Crippen molar-refractivity contribution in [3.05, 3.63) is 0 Å². The van der Waals surface area contributed by atoms with Gasteiger partial charge in [0.1, 0.15) is 0 Å². The number of nitrogens with one attached hydrogen (secondary N) is 2. The standard InChI is InChI=1S/C13H24N2O3/c1-2-14-8-5-9-15-12(16)10-6-3-4-7-11(10)13(17)18/h10-11,14H,2-9H2,1H3,(H,15,16)(H,17,18). The molecule has 3 N–H and O–H groups in total. The van der Waals surface area contributed by atoms with Crippen LogP contribution < -0.4 is 10.6 Å². The van der Waals surface area contributed by atoms with Crippen LogP contribution in [0.3, 0.4) is 0 Å². The summed E-state index contributed by atoms with van der Waals surface area (Å²) in [6.45, 7) is 4.47. The van der Waals surface area contributed by atoms with Gasteiger partial charge in [-0.2, -0.15) is 0 Å². The van der Waals surface area contributed by atoms with Crippen molar-refractivity contribution in [2.45, 2.75) is 39.0 Å². The Morgan fingerprint density at radius 1 is 1.17 bits per heavy atom. The summed E-state index contributed by atoms with van der Waals surface area (Å²) >= 11 is 0. The molecule has 1 fully saturated rings. The minimum absolute atomic E-state index is 0.0846. The van der Waals surface area contributed by atoms with Gasteiger partial charge in [0.15, 0.2) is 0 Å². The van der Waals surface area contributed by atoms with Gasteiger partial charge in [0.2, 0.25) is 5.91 Å². The van der Waals surface area contributed by atoms with E-state index in [0.717, 1.165) is 32.4 Å². The van der Waals surface area contributed by atoms with Gasteiger partial charge in [0.25, 0.3) is 0 Å². The van der Waals surface area contributed by atoms with Crippen molar-refractivity contribution in [1.82, 2.24) is 10.6 Å². The highest BCUT2D eigenvalue weighted by molar-refractivity contribution is 5.84. The number of aliphatic carboxylic acids is 1. The zero-order valence-electron chi connectivity index (χ0n) is 11.1. The van der Waals surface area contributed by atoms with Crippen molar-refractivity contribution in [2.75, 3.05) is 19.6 Å². The van der Waals surface area contributed by atoms with Gasteiger partial charge in [-0.1, -0.05) is 19.8 Å². The Morgan fingerprint density at radius 2 is 1.83 bits per heavy atom. The topological polar surface area (TPSA) is 78.4 Å². The number of carboxylic acid groups (broad SMARTS) is 1. The zero-order chi connectivity index (χ0) is 13.4. The molecule has 0 aromatic carbocycles. The van der Waals surface area contributed by atoms with E-state index in [1.165, 1.54) is 0 Å². The first-order chi connectivity index (χ1) is 8.66. The fraction of sp³-hybridized carbons (Fsp3) is 0.846. The average Bonchev–Trinajstić information content (AvgIpc) is 2.38. The van der Waals surface area contributed by atoms with Crippen molar-refractivity contribution in [3.8, 4) is 0 Å². The second kappa shape index (κ2) is 8.08. The lowest BCUT2D eigenvalue weighted by molar-refractivity contribution is -0.148. The van der Waals surface area contributed by atoms with Crippen LogP contribution in [0, 0.1) is 11.8 Å². The number of carbonyl (C=O) groups excluding carboxylic acids is 1. The molecule has 0 radical (unpaired) electrons. The summed E-state index contributed by atoms with van der Waals surface area (Å²) in [6, 6.07) is 0. The molecular weight excluding hydrogens is 232 g/mol. The molecule has 2 atom stereocenters. The maximum absolute atomic E-state index is 12.0. The van der Waals surface area contributed by atoms with E-state index >= 15 is 0 Å². The van der Waals surface area contributed by atoms with Crippen molar-refractivity contribution in [1.29, 1.82) is 0 Å². The molecule has 1 aliphatic carbocycles. The third-order valence-corrected chi connectivity index (χ3v) is 3.50. The molecule has 0 aliphatic heterocycles. The molecule has 5 heteroatoms. The van der Waals surface area contributed by atoms with E-state index in [1.54, 1.807) is 0 Å². The van der Waals surface area contributed by atoms with Gasteiger partial charge in [0, 0.05) is 6.54 Å². The summed E-state index contributed by atoms with van der Waals surface area (Å²) in [5.74, 6) is -1.75. The first-order valence-corrected chi connectivity index (χ1v) is 6.88. The van der Waals surface area contributed by atoms with Crippen LogP contribution in [0.25, 0.3) is 0 Å².